The van der Waals surface area contributed by atoms with Gasteiger partial charge in [0, 0.05) is 12.1 Å². The minimum Gasteiger partial charge on any atom is -0.351 e. The smallest absolute Gasteiger partial charge is 0.251 e. The number of rotatable bonds is 5. The van der Waals surface area contributed by atoms with E-state index in [1.54, 1.807) is 0 Å². The van der Waals surface area contributed by atoms with Crippen LogP contribution >= 0.6 is 11.6 Å². The minimum absolute atomic E-state index is 0.0121. The molecule has 2 rings (SSSR count). The molecule has 1 amide bonds. The lowest BCUT2D eigenvalue weighted by Crippen LogP contribution is -2.41. The van der Waals surface area contributed by atoms with Crippen LogP contribution in [0, 0.1) is 5.41 Å². The van der Waals surface area contributed by atoms with Crippen molar-refractivity contribution in [3.8, 4) is 0 Å². The van der Waals surface area contributed by atoms with E-state index in [0.29, 0.717) is 6.54 Å². The SMILES string of the molecule is CCC1(CNC(=O)c2ccc(Cl)c(S(N)(=O)=O)c2)CCC1. The van der Waals surface area contributed by atoms with E-state index in [1.165, 1.54) is 24.6 Å². The highest BCUT2D eigenvalue weighted by molar-refractivity contribution is 7.89. The van der Waals surface area contributed by atoms with Crippen LogP contribution in [0.15, 0.2) is 23.1 Å². The maximum atomic E-state index is 12.1. The minimum atomic E-state index is -3.94. The Morgan fingerprint density at radius 2 is 2.10 bits per heavy atom. The van der Waals surface area contributed by atoms with Gasteiger partial charge in [-0.25, -0.2) is 13.6 Å². The third kappa shape index (κ3) is 3.56. The van der Waals surface area contributed by atoms with Crippen LogP contribution in [0.1, 0.15) is 43.0 Å². The fourth-order valence-electron chi connectivity index (χ4n) is 2.56. The van der Waals surface area contributed by atoms with Gasteiger partial charge in [-0.05, 0) is 42.9 Å². The molecule has 7 heteroatoms. The Morgan fingerprint density at radius 3 is 2.57 bits per heavy atom. The highest BCUT2D eigenvalue weighted by Crippen LogP contribution is 2.43. The number of primary sulfonamides is 1. The zero-order valence-electron chi connectivity index (χ0n) is 11.9. The number of carbonyl (C=O) groups is 1. The van der Waals surface area contributed by atoms with Gasteiger partial charge in [-0.15, -0.1) is 0 Å². The van der Waals surface area contributed by atoms with Gasteiger partial charge in [-0.2, -0.15) is 0 Å². The van der Waals surface area contributed by atoms with E-state index in [2.05, 4.69) is 12.2 Å². The molecule has 1 aromatic rings. The Morgan fingerprint density at radius 1 is 1.43 bits per heavy atom. The quantitative estimate of drug-likeness (QED) is 0.868. The van der Waals surface area contributed by atoms with Gasteiger partial charge in [0.05, 0.1) is 5.02 Å². The topological polar surface area (TPSA) is 89.3 Å². The number of hydrogen-bond donors (Lipinski definition) is 2. The van der Waals surface area contributed by atoms with Crippen molar-refractivity contribution < 1.29 is 13.2 Å². The molecule has 0 heterocycles. The molecule has 3 N–H and O–H groups in total. The molecule has 0 saturated heterocycles. The Bertz CT molecular complexity index is 649. The number of nitrogens with two attached hydrogens (primary N) is 1. The number of nitrogens with one attached hydrogen (secondary N) is 1. The van der Waals surface area contributed by atoms with Crippen molar-refractivity contribution in [2.45, 2.75) is 37.5 Å². The molecule has 116 valence electrons. The summed E-state index contributed by atoms with van der Waals surface area (Å²) in [6.07, 6.45) is 4.45. The summed E-state index contributed by atoms with van der Waals surface area (Å²) >= 11 is 5.80. The molecule has 5 nitrogen and oxygen atoms in total. The average Bonchev–Trinajstić information content (AvgIpc) is 2.37. The van der Waals surface area contributed by atoms with Gasteiger partial charge < -0.3 is 5.32 Å². The third-order valence-corrected chi connectivity index (χ3v) is 5.68. The second-order valence-electron chi connectivity index (χ2n) is 5.58. The van der Waals surface area contributed by atoms with Gasteiger partial charge in [0.15, 0.2) is 0 Å². The maximum Gasteiger partial charge on any atom is 0.251 e. The first-order valence-corrected chi connectivity index (χ1v) is 8.80. The van der Waals surface area contributed by atoms with Crippen LogP contribution in [-0.4, -0.2) is 20.9 Å². The van der Waals surface area contributed by atoms with Crippen LogP contribution in [0.3, 0.4) is 0 Å². The lowest BCUT2D eigenvalue weighted by Gasteiger charge is -2.41. The maximum absolute atomic E-state index is 12.1. The molecule has 1 fully saturated rings. The molecule has 0 aromatic heterocycles. The van der Waals surface area contributed by atoms with Gasteiger partial charge in [0.2, 0.25) is 10.0 Å². The summed E-state index contributed by atoms with van der Waals surface area (Å²) in [4.78, 5) is 11.9. The average molecular weight is 331 g/mol. The van der Waals surface area contributed by atoms with Crippen LogP contribution in [0.2, 0.25) is 5.02 Å². The van der Waals surface area contributed by atoms with Crippen LogP contribution in [0.5, 0.6) is 0 Å². The molecule has 0 unspecified atom stereocenters. The summed E-state index contributed by atoms with van der Waals surface area (Å²) in [5.41, 5.74) is 0.444. The van der Waals surface area contributed by atoms with Crippen LogP contribution in [0.4, 0.5) is 0 Å². The van der Waals surface area contributed by atoms with Gasteiger partial charge in [0.1, 0.15) is 4.90 Å². The zero-order valence-corrected chi connectivity index (χ0v) is 13.4. The largest absolute Gasteiger partial charge is 0.351 e. The summed E-state index contributed by atoms with van der Waals surface area (Å²) in [6, 6.07) is 4.08. The lowest BCUT2D eigenvalue weighted by atomic mass is 9.67. The van der Waals surface area contributed by atoms with Crippen molar-refractivity contribution in [2.24, 2.45) is 10.6 Å². The standard InChI is InChI=1S/C14H19ClN2O3S/c1-2-14(6-3-7-14)9-17-13(18)10-4-5-11(15)12(8-10)21(16,19)20/h4-5,8H,2-3,6-7,9H2,1H3,(H,17,18)(H2,16,19,20). The fraction of sp³-hybridized carbons (Fsp3) is 0.500. The van der Waals surface area contributed by atoms with Crippen molar-refractivity contribution in [3.05, 3.63) is 28.8 Å². The van der Waals surface area contributed by atoms with E-state index in [-0.39, 0.29) is 26.8 Å². The molecule has 0 radical (unpaired) electrons. The molecule has 0 atom stereocenters. The van der Waals surface area contributed by atoms with Crippen molar-refractivity contribution in [1.82, 2.24) is 5.32 Å². The molecular formula is C14H19ClN2O3S. The number of halogens is 1. The number of carbonyl (C=O) groups excluding carboxylic acids is 1. The van der Waals surface area contributed by atoms with Gasteiger partial charge >= 0.3 is 0 Å². The highest BCUT2D eigenvalue weighted by Gasteiger charge is 2.35. The first kappa shape index (κ1) is 16.3. The highest BCUT2D eigenvalue weighted by atomic mass is 35.5. The summed E-state index contributed by atoms with van der Waals surface area (Å²) < 4.78 is 22.8. The van der Waals surface area contributed by atoms with Crippen LogP contribution < -0.4 is 10.5 Å². The van der Waals surface area contributed by atoms with E-state index in [4.69, 9.17) is 16.7 Å². The summed E-state index contributed by atoms with van der Waals surface area (Å²) in [5.74, 6) is -0.309. The van der Waals surface area contributed by atoms with Gasteiger partial charge in [-0.1, -0.05) is 24.9 Å². The molecule has 1 aliphatic rings. The lowest BCUT2D eigenvalue weighted by molar-refractivity contribution is 0.0850. The van der Waals surface area contributed by atoms with E-state index < -0.39 is 10.0 Å². The first-order valence-electron chi connectivity index (χ1n) is 6.88. The van der Waals surface area contributed by atoms with E-state index >= 15 is 0 Å². The molecule has 0 bridgehead atoms. The predicted molar refractivity (Wildman–Crippen MR) is 81.7 cm³/mol. The zero-order chi connectivity index (χ0) is 15.7. The second-order valence-corrected chi connectivity index (χ2v) is 7.52. The van der Waals surface area contributed by atoms with Gasteiger partial charge in [0.25, 0.3) is 5.91 Å². The van der Waals surface area contributed by atoms with E-state index in [1.807, 2.05) is 0 Å². The van der Waals surface area contributed by atoms with Crippen molar-refractivity contribution >= 4 is 27.5 Å². The first-order chi connectivity index (χ1) is 9.77. The predicted octanol–water partition coefficient (Wildman–Crippen LogP) is 2.30. The van der Waals surface area contributed by atoms with Gasteiger partial charge in [-0.3, -0.25) is 4.79 Å². The molecule has 1 saturated carbocycles. The monoisotopic (exact) mass is 330 g/mol. The third-order valence-electron chi connectivity index (χ3n) is 4.29. The van der Waals surface area contributed by atoms with Crippen molar-refractivity contribution in [2.75, 3.05) is 6.54 Å². The second kappa shape index (κ2) is 5.94. The number of sulfonamides is 1. The Hall–Kier alpha value is -1.11. The van der Waals surface area contributed by atoms with Crippen LogP contribution in [0.25, 0.3) is 0 Å². The molecule has 1 aliphatic carbocycles. The number of amides is 1. The number of benzene rings is 1. The molecule has 1 aromatic carbocycles. The Balaban J connectivity index is 2.13. The summed E-state index contributed by atoms with van der Waals surface area (Å²) in [7, 11) is -3.94. The van der Waals surface area contributed by atoms with Crippen molar-refractivity contribution in [3.63, 3.8) is 0 Å². The summed E-state index contributed by atoms with van der Waals surface area (Å²) in [6.45, 7) is 2.72. The number of hydrogen-bond acceptors (Lipinski definition) is 3. The van der Waals surface area contributed by atoms with Crippen molar-refractivity contribution in [1.29, 1.82) is 0 Å². The Kier molecular flexibility index (Phi) is 4.60. The Labute approximate surface area is 129 Å². The fourth-order valence-corrected chi connectivity index (χ4v) is 3.64. The summed E-state index contributed by atoms with van der Waals surface area (Å²) in [5, 5.41) is 7.96. The van der Waals surface area contributed by atoms with E-state index in [9.17, 15) is 13.2 Å². The van der Waals surface area contributed by atoms with Crippen LogP contribution in [-0.2, 0) is 10.0 Å². The molecule has 0 spiro atoms. The molecule has 21 heavy (non-hydrogen) atoms. The normalized spacial score (nSPS) is 17.1. The van der Waals surface area contributed by atoms with E-state index in [0.717, 1.165) is 19.3 Å². The molecule has 0 aliphatic heterocycles. The molecular weight excluding hydrogens is 312 g/mol.